The topological polar surface area (TPSA) is 76.7 Å². The number of anilines is 1. The monoisotopic (exact) mass is 356 g/mol. The molecule has 134 valence electrons. The van der Waals surface area contributed by atoms with E-state index in [2.05, 4.69) is 10.6 Å². The summed E-state index contributed by atoms with van der Waals surface area (Å²) in [5, 5.41) is 5.41. The van der Waals surface area contributed by atoms with Crippen LogP contribution in [0.4, 0.5) is 10.1 Å². The first-order valence-electron chi connectivity index (χ1n) is 8.28. The minimum Gasteiger partial charge on any atom is -0.454 e. The first kappa shape index (κ1) is 16.4. The van der Waals surface area contributed by atoms with Crippen molar-refractivity contribution in [2.75, 3.05) is 18.7 Å². The van der Waals surface area contributed by atoms with E-state index in [9.17, 15) is 14.0 Å². The summed E-state index contributed by atoms with van der Waals surface area (Å²) in [6.07, 6.45) is 0. The van der Waals surface area contributed by atoms with Crippen molar-refractivity contribution >= 4 is 17.5 Å². The lowest BCUT2D eigenvalue weighted by molar-refractivity contribution is -0.130. The molecule has 0 saturated carbocycles. The number of amides is 2. The molecule has 2 aromatic carbocycles. The average molecular weight is 356 g/mol. The lowest BCUT2D eigenvalue weighted by Crippen LogP contribution is -2.32. The van der Waals surface area contributed by atoms with Gasteiger partial charge in [0.2, 0.25) is 18.6 Å². The van der Waals surface area contributed by atoms with E-state index in [1.807, 2.05) is 6.07 Å². The summed E-state index contributed by atoms with van der Waals surface area (Å²) in [5.74, 6) is -1.23. The lowest BCUT2D eigenvalue weighted by atomic mass is 9.87. The van der Waals surface area contributed by atoms with E-state index in [1.54, 1.807) is 25.1 Å². The Kier molecular flexibility index (Phi) is 3.99. The Morgan fingerprint density at radius 2 is 2.04 bits per heavy atom. The van der Waals surface area contributed by atoms with Gasteiger partial charge in [-0.05, 0) is 36.8 Å². The van der Waals surface area contributed by atoms with Crippen molar-refractivity contribution in [1.29, 1.82) is 0 Å². The van der Waals surface area contributed by atoms with Crippen LogP contribution in [0.1, 0.15) is 17.0 Å². The smallest absolute Gasteiger partial charge is 0.237 e. The second kappa shape index (κ2) is 6.33. The molecular weight excluding hydrogens is 339 g/mol. The highest BCUT2D eigenvalue weighted by Crippen LogP contribution is 2.38. The van der Waals surface area contributed by atoms with E-state index < -0.39 is 17.6 Å². The van der Waals surface area contributed by atoms with Gasteiger partial charge < -0.3 is 20.1 Å². The molecule has 2 N–H and O–H groups in total. The molecule has 2 atom stereocenters. The standard InChI is InChI=1S/C19H17FN2O4/c1-10-13(20)3-2-4-14(10)22-19(24)17-12(8-21-18(17)23)11-5-6-15-16(7-11)26-9-25-15/h2-7,12,17H,8-9H2,1H3,(H,21,23)(H,22,24)/t12-,17-/m1/s1. The van der Waals surface area contributed by atoms with Gasteiger partial charge in [-0.25, -0.2) is 4.39 Å². The number of carbonyl (C=O) groups excluding carboxylic acids is 2. The van der Waals surface area contributed by atoms with E-state index in [-0.39, 0.29) is 18.6 Å². The highest BCUT2D eigenvalue weighted by atomic mass is 19.1. The number of hydrogen-bond donors (Lipinski definition) is 2. The van der Waals surface area contributed by atoms with E-state index in [1.165, 1.54) is 12.1 Å². The van der Waals surface area contributed by atoms with Crippen LogP contribution in [0.5, 0.6) is 11.5 Å². The Morgan fingerprint density at radius 1 is 1.23 bits per heavy atom. The predicted molar refractivity (Wildman–Crippen MR) is 91.6 cm³/mol. The van der Waals surface area contributed by atoms with Crippen LogP contribution < -0.4 is 20.1 Å². The molecule has 0 aliphatic carbocycles. The van der Waals surface area contributed by atoms with Crippen LogP contribution in [0.3, 0.4) is 0 Å². The van der Waals surface area contributed by atoms with Gasteiger partial charge in [0.25, 0.3) is 0 Å². The Labute approximate surface area is 149 Å². The van der Waals surface area contributed by atoms with E-state index in [0.29, 0.717) is 29.3 Å². The molecule has 0 bridgehead atoms. The van der Waals surface area contributed by atoms with Crippen molar-refractivity contribution in [3.8, 4) is 11.5 Å². The van der Waals surface area contributed by atoms with Gasteiger partial charge in [0.15, 0.2) is 11.5 Å². The van der Waals surface area contributed by atoms with Gasteiger partial charge in [0, 0.05) is 23.7 Å². The molecule has 2 aliphatic heterocycles. The lowest BCUT2D eigenvalue weighted by Gasteiger charge is -2.18. The molecule has 2 aromatic rings. The van der Waals surface area contributed by atoms with E-state index >= 15 is 0 Å². The first-order chi connectivity index (χ1) is 12.5. The Bertz CT molecular complexity index is 899. The van der Waals surface area contributed by atoms with Crippen molar-refractivity contribution in [1.82, 2.24) is 5.32 Å². The number of benzene rings is 2. The van der Waals surface area contributed by atoms with Crippen LogP contribution in [0.2, 0.25) is 0 Å². The third-order valence-corrected chi connectivity index (χ3v) is 4.81. The average Bonchev–Trinajstić information content (AvgIpc) is 3.24. The minimum atomic E-state index is -0.905. The van der Waals surface area contributed by atoms with Crippen LogP contribution in [0.25, 0.3) is 0 Å². The van der Waals surface area contributed by atoms with Crippen molar-refractivity contribution in [2.45, 2.75) is 12.8 Å². The van der Waals surface area contributed by atoms with Gasteiger partial charge in [-0.1, -0.05) is 12.1 Å². The highest BCUT2D eigenvalue weighted by molar-refractivity contribution is 6.08. The van der Waals surface area contributed by atoms with Gasteiger partial charge in [-0.2, -0.15) is 0 Å². The third-order valence-electron chi connectivity index (χ3n) is 4.81. The summed E-state index contributed by atoms with van der Waals surface area (Å²) in [6.45, 7) is 2.08. The zero-order valence-electron chi connectivity index (χ0n) is 14.0. The molecular formula is C19H17FN2O4. The van der Waals surface area contributed by atoms with Crippen molar-refractivity contribution in [3.63, 3.8) is 0 Å². The summed E-state index contributed by atoms with van der Waals surface area (Å²) in [6, 6.07) is 9.84. The third kappa shape index (κ3) is 2.75. The number of hydrogen-bond acceptors (Lipinski definition) is 4. The summed E-state index contributed by atoms with van der Waals surface area (Å²) in [4.78, 5) is 25.0. The largest absolute Gasteiger partial charge is 0.454 e. The highest BCUT2D eigenvalue weighted by Gasteiger charge is 2.41. The molecule has 2 aliphatic rings. The normalized spacial score (nSPS) is 20.8. The maximum atomic E-state index is 13.7. The van der Waals surface area contributed by atoms with Crippen LogP contribution in [0, 0.1) is 18.7 Å². The maximum Gasteiger partial charge on any atom is 0.237 e. The number of nitrogens with one attached hydrogen (secondary N) is 2. The Hall–Kier alpha value is -3.09. The molecule has 1 fully saturated rings. The Balaban J connectivity index is 1.60. The summed E-state index contributed by atoms with van der Waals surface area (Å²) in [5.41, 5.74) is 1.50. The van der Waals surface area contributed by atoms with Crippen LogP contribution in [-0.4, -0.2) is 25.2 Å². The van der Waals surface area contributed by atoms with E-state index in [4.69, 9.17) is 9.47 Å². The molecule has 6 nitrogen and oxygen atoms in total. The van der Waals surface area contributed by atoms with Crippen LogP contribution in [0.15, 0.2) is 36.4 Å². The van der Waals surface area contributed by atoms with Gasteiger partial charge in [-0.15, -0.1) is 0 Å². The zero-order chi connectivity index (χ0) is 18.3. The molecule has 2 amide bonds. The fourth-order valence-electron chi connectivity index (χ4n) is 3.33. The molecule has 7 heteroatoms. The minimum absolute atomic E-state index is 0.156. The van der Waals surface area contributed by atoms with Gasteiger partial charge in [0.05, 0.1) is 0 Å². The molecule has 26 heavy (non-hydrogen) atoms. The maximum absolute atomic E-state index is 13.7. The summed E-state index contributed by atoms with van der Waals surface area (Å²) in [7, 11) is 0. The second-order valence-corrected chi connectivity index (χ2v) is 6.34. The quantitative estimate of drug-likeness (QED) is 0.828. The van der Waals surface area contributed by atoms with Crippen molar-refractivity contribution in [3.05, 3.63) is 53.3 Å². The van der Waals surface area contributed by atoms with E-state index in [0.717, 1.165) is 5.56 Å². The fraction of sp³-hybridized carbons (Fsp3) is 0.263. The number of ether oxygens (including phenoxy) is 2. The molecule has 1 saturated heterocycles. The molecule has 2 heterocycles. The molecule has 0 spiro atoms. The van der Waals surface area contributed by atoms with Gasteiger partial charge in [-0.3, -0.25) is 9.59 Å². The molecule has 0 aromatic heterocycles. The SMILES string of the molecule is Cc1c(F)cccc1NC(=O)[C@H]1C(=O)NC[C@@H]1c1ccc2c(c1)OCO2. The molecule has 0 unspecified atom stereocenters. The van der Waals surface area contributed by atoms with Crippen LogP contribution in [-0.2, 0) is 9.59 Å². The number of rotatable bonds is 3. The molecule has 0 radical (unpaired) electrons. The Morgan fingerprint density at radius 3 is 2.88 bits per heavy atom. The van der Waals surface area contributed by atoms with Gasteiger partial charge >= 0.3 is 0 Å². The number of carbonyl (C=O) groups is 2. The number of fused-ring (bicyclic) bond motifs is 1. The van der Waals surface area contributed by atoms with Crippen LogP contribution >= 0.6 is 0 Å². The molecule has 4 rings (SSSR count). The van der Waals surface area contributed by atoms with Crippen molar-refractivity contribution < 1.29 is 23.5 Å². The predicted octanol–water partition coefficient (Wildman–Crippen LogP) is 2.33. The van der Waals surface area contributed by atoms with Gasteiger partial charge in [0.1, 0.15) is 11.7 Å². The zero-order valence-corrected chi connectivity index (χ0v) is 14.0. The first-order valence-corrected chi connectivity index (χ1v) is 8.28. The summed E-state index contributed by atoms with van der Waals surface area (Å²) < 4.78 is 24.4. The van der Waals surface area contributed by atoms with Crippen molar-refractivity contribution in [2.24, 2.45) is 5.92 Å². The summed E-state index contributed by atoms with van der Waals surface area (Å²) >= 11 is 0. The number of halogens is 1. The second-order valence-electron chi connectivity index (χ2n) is 6.34. The fourth-order valence-corrected chi connectivity index (χ4v) is 3.33.